The van der Waals surface area contributed by atoms with Crippen molar-refractivity contribution in [2.75, 3.05) is 32.7 Å². The molecule has 138 valence electrons. The fourth-order valence-corrected chi connectivity index (χ4v) is 3.83. The third-order valence-corrected chi connectivity index (χ3v) is 5.64. The lowest BCUT2D eigenvalue weighted by Crippen LogP contribution is -2.47. The number of rotatable bonds is 6. The summed E-state index contributed by atoms with van der Waals surface area (Å²) in [7, 11) is -3.58. The summed E-state index contributed by atoms with van der Waals surface area (Å²) >= 11 is 0. The molecule has 1 fully saturated rings. The number of carbonyl (C=O) groups is 2. The van der Waals surface area contributed by atoms with Crippen molar-refractivity contribution in [2.24, 2.45) is 0 Å². The summed E-state index contributed by atoms with van der Waals surface area (Å²) in [4.78, 5) is 24.1. The Balaban J connectivity index is 2.00. The first kappa shape index (κ1) is 19.4. The molecule has 0 saturated carbocycles. The third-order valence-electron chi connectivity index (χ3n) is 3.73. The van der Waals surface area contributed by atoms with Gasteiger partial charge in [-0.05, 0) is 12.1 Å². The number of hydrogen-bond acceptors (Lipinski definition) is 6. The van der Waals surface area contributed by atoms with Crippen molar-refractivity contribution in [1.29, 1.82) is 5.26 Å². The van der Waals surface area contributed by atoms with E-state index in [-0.39, 0.29) is 23.6 Å². The number of amides is 1. The van der Waals surface area contributed by atoms with Gasteiger partial charge >= 0.3 is 5.97 Å². The first-order valence-electron chi connectivity index (χ1n) is 7.76. The Labute approximate surface area is 151 Å². The normalized spacial score (nSPS) is 16.0. The van der Waals surface area contributed by atoms with Gasteiger partial charge in [0.2, 0.25) is 10.0 Å². The molecule has 0 aromatic heterocycles. The van der Waals surface area contributed by atoms with Crippen molar-refractivity contribution < 1.29 is 23.1 Å². The van der Waals surface area contributed by atoms with E-state index in [1.807, 2.05) is 0 Å². The SMILES string of the molecule is N#C/C(=C/N1CCN(S(=O)(=O)c2ccccc2)CC1)C(=O)NCC(=O)O. The Morgan fingerprint density at radius 1 is 1.19 bits per heavy atom. The van der Waals surface area contributed by atoms with Crippen molar-refractivity contribution in [3.05, 3.63) is 42.1 Å². The predicted octanol–water partition coefficient (Wildman–Crippen LogP) is -0.399. The first-order valence-corrected chi connectivity index (χ1v) is 9.20. The largest absolute Gasteiger partial charge is 0.480 e. The highest BCUT2D eigenvalue weighted by Crippen LogP contribution is 2.17. The highest BCUT2D eigenvalue weighted by molar-refractivity contribution is 7.89. The summed E-state index contributed by atoms with van der Waals surface area (Å²) < 4.78 is 26.4. The first-order chi connectivity index (χ1) is 12.3. The summed E-state index contributed by atoms with van der Waals surface area (Å²) in [6.07, 6.45) is 1.32. The minimum Gasteiger partial charge on any atom is -0.480 e. The lowest BCUT2D eigenvalue weighted by atomic mass is 10.2. The number of piperazine rings is 1. The van der Waals surface area contributed by atoms with E-state index in [2.05, 4.69) is 5.32 Å². The standard InChI is InChI=1S/C16H18N4O5S/c17-10-13(16(23)18-11-15(21)22)12-19-6-8-20(9-7-19)26(24,25)14-4-2-1-3-5-14/h1-5,12H,6-9,11H2,(H,18,23)(H,21,22)/b13-12-. The molecule has 1 saturated heterocycles. The average molecular weight is 378 g/mol. The fraction of sp³-hybridized carbons (Fsp3) is 0.312. The molecule has 2 N–H and O–H groups in total. The molecule has 2 rings (SSSR count). The van der Waals surface area contributed by atoms with Crippen LogP contribution in [0.15, 0.2) is 47.0 Å². The summed E-state index contributed by atoms with van der Waals surface area (Å²) in [5.41, 5.74) is -0.231. The van der Waals surface area contributed by atoms with Crippen LogP contribution >= 0.6 is 0 Å². The molecule has 1 aliphatic heterocycles. The molecule has 0 radical (unpaired) electrons. The molecular weight excluding hydrogens is 360 g/mol. The van der Waals surface area contributed by atoms with Crippen LogP contribution in [0, 0.1) is 11.3 Å². The summed E-state index contributed by atoms with van der Waals surface area (Å²) in [5, 5.41) is 19.7. The van der Waals surface area contributed by atoms with E-state index in [4.69, 9.17) is 10.4 Å². The molecule has 1 heterocycles. The van der Waals surface area contributed by atoms with Crippen molar-refractivity contribution >= 4 is 21.9 Å². The average Bonchev–Trinajstić information content (AvgIpc) is 2.65. The van der Waals surface area contributed by atoms with E-state index in [0.717, 1.165) is 0 Å². The van der Waals surface area contributed by atoms with Crippen LogP contribution in [0.4, 0.5) is 0 Å². The van der Waals surface area contributed by atoms with Crippen molar-refractivity contribution in [1.82, 2.24) is 14.5 Å². The van der Waals surface area contributed by atoms with Crippen LogP contribution in [0.5, 0.6) is 0 Å². The quantitative estimate of drug-likeness (QED) is 0.509. The lowest BCUT2D eigenvalue weighted by molar-refractivity contribution is -0.137. The van der Waals surface area contributed by atoms with Gasteiger partial charge in [-0.2, -0.15) is 9.57 Å². The van der Waals surface area contributed by atoms with Gasteiger partial charge in [0, 0.05) is 32.4 Å². The van der Waals surface area contributed by atoms with Gasteiger partial charge in [-0.3, -0.25) is 9.59 Å². The van der Waals surface area contributed by atoms with Gasteiger partial charge in [0.15, 0.2) is 0 Å². The van der Waals surface area contributed by atoms with Crippen LogP contribution in [-0.2, 0) is 19.6 Å². The Hall–Kier alpha value is -2.90. The Bertz CT molecular complexity index is 837. The minimum atomic E-state index is -3.58. The Morgan fingerprint density at radius 2 is 1.81 bits per heavy atom. The van der Waals surface area contributed by atoms with E-state index < -0.39 is 28.4 Å². The van der Waals surface area contributed by atoms with E-state index in [1.165, 1.54) is 22.6 Å². The highest BCUT2D eigenvalue weighted by atomic mass is 32.2. The number of carboxylic acids is 1. The van der Waals surface area contributed by atoms with E-state index in [0.29, 0.717) is 13.1 Å². The Kier molecular flexibility index (Phi) is 6.32. The lowest BCUT2D eigenvalue weighted by Gasteiger charge is -2.33. The van der Waals surface area contributed by atoms with Gasteiger partial charge in [0.25, 0.3) is 5.91 Å². The second kappa shape index (κ2) is 8.46. The summed E-state index contributed by atoms with van der Waals surface area (Å²) in [6, 6.07) is 9.83. The fourth-order valence-electron chi connectivity index (χ4n) is 2.39. The monoisotopic (exact) mass is 378 g/mol. The molecule has 1 aromatic carbocycles. The number of carboxylic acid groups (broad SMARTS) is 1. The number of benzene rings is 1. The van der Waals surface area contributed by atoms with Crippen LogP contribution < -0.4 is 5.32 Å². The number of nitriles is 1. The van der Waals surface area contributed by atoms with Gasteiger partial charge < -0.3 is 15.3 Å². The molecule has 0 atom stereocenters. The van der Waals surface area contributed by atoms with E-state index in [9.17, 15) is 18.0 Å². The number of aliphatic carboxylic acids is 1. The van der Waals surface area contributed by atoms with E-state index >= 15 is 0 Å². The zero-order valence-corrected chi connectivity index (χ0v) is 14.6. The zero-order chi connectivity index (χ0) is 19.2. The van der Waals surface area contributed by atoms with Crippen LogP contribution in [0.2, 0.25) is 0 Å². The second-order valence-corrected chi connectivity index (χ2v) is 7.42. The number of carbonyl (C=O) groups excluding carboxylic acids is 1. The molecule has 1 amide bonds. The van der Waals surface area contributed by atoms with Gasteiger partial charge in [0.05, 0.1) is 4.90 Å². The molecular formula is C16H18N4O5S. The number of nitrogens with one attached hydrogen (secondary N) is 1. The summed E-state index contributed by atoms with van der Waals surface area (Å²) in [6.45, 7) is 0.459. The molecule has 10 heteroatoms. The zero-order valence-electron chi connectivity index (χ0n) is 13.8. The molecule has 1 aliphatic rings. The maximum absolute atomic E-state index is 12.5. The number of sulfonamides is 1. The van der Waals surface area contributed by atoms with E-state index in [1.54, 1.807) is 29.2 Å². The molecule has 26 heavy (non-hydrogen) atoms. The van der Waals surface area contributed by atoms with Crippen LogP contribution in [0.25, 0.3) is 0 Å². The molecule has 9 nitrogen and oxygen atoms in total. The molecule has 0 aliphatic carbocycles. The third kappa shape index (κ3) is 4.81. The molecule has 1 aromatic rings. The Morgan fingerprint density at radius 3 is 2.35 bits per heavy atom. The highest BCUT2D eigenvalue weighted by Gasteiger charge is 2.28. The predicted molar refractivity (Wildman–Crippen MR) is 91.1 cm³/mol. The van der Waals surface area contributed by atoms with Gasteiger partial charge in [-0.25, -0.2) is 8.42 Å². The van der Waals surface area contributed by atoms with Crippen molar-refractivity contribution in [3.63, 3.8) is 0 Å². The van der Waals surface area contributed by atoms with Crippen LogP contribution in [0.1, 0.15) is 0 Å². The molecule has 0 spiro atoms. The van der Waals surface area contributed by atoms with Crippen molar-refractivity contribution in [2.45, 2.75) is 4.90 Å². The summed E-state index contributed by atoms with van der Waals surface area (Å²) in [5.74, 6) is -2.00. The molecule has 0 unspecified atom stereocenters. The molecule has 0 bridgehead atoms. The van der Waals surface area contributed by atoms with Gasteiger partial charge in [-0.15, -0.1) is 0 Å². The van der Waals surface area contributed by atoms with Gasteiger partial charge in [-0.1, -0.05) is 18.2 Å². The number of nitrogens with zero attached hydrogens (tertiary/aromatic N) is 3. The minimum absolute atomic E-state index is 0.211. The van der Waals surface area contributed by atoms with Crippen LogP contribution in [-0.4, -0.2) is 67.3 Å². The maximum atomic E-state index is 12.5. The van der Waals surface area contributed by atoms with Gasteiger partial charge in [0.1, 0.15) is 18.2 Å². The number of hydrogen-bond donors (Lipinski definition) is 2. The maximum Gasteiger partial charge on any atom is 0.322 e. The topological polar surface area (TPSA) is 131 Å². The van der Waals surface area contributed by atoms with Crippen LogP contribution in [0.3, 0.4) is 0 Å². The second-order valence-electron chi connectivity index (χ2n) is 5.48. The smallest absolute Gasteiger partial charge is 0.322 e. The van der Waals surface area contributed by atoms with Crippen molar-refractivity contribution in [3.8, 4) is 6.07 Å².